The number of nitrogens with zero attached hydrogens (tertiary/aromatic N) is 4. The van der Waals surface area contributed by atoms with Gasteiger partial charge in [-0.3, -0.25) is 0 Å². The van der Waals surface area contributed by atoms with Crippen LogP contribution in [0.4, 0.5) is 10.6 Å². The minimum absolute atomic E-state index is 0.244. The van der Waals surface area contributed by atoms with E-state index in [0.29, 0.717) is 26.2 Å². The lowest BCUT2D eigenvalue weighted by atomic mass is 10.0. The van der Waals surface area contributed by atoms with E-state index in [9.17, 15) is 4.79 Å². The van der Waals surface area contributed by atoms with Crippen LogP contribution in [0.1, 0.15) is 31.2 Å². The zero-order valence-corrected chi connectivity index (χ0v) is 20.1. The minimum atomic E-state index is -0.502. The zero-order valence-electron chi connectivity index (χ0n) is 18.5. The Morgan fingerprint density at radius 3 is 2.32 bits per heavy atom. The van der Waals surface area contributed by atoms with Gasteiger partial charge in [0.05, 0.1) is 5.39 Å². The highest BCUT2D eigenvalue weighted by Crippen LogP contribution is 2.42. The number of hydrogen-bond donors (Lipinski definition) is 0. The molecule has 2 aromatic heterocycles. The van der Waals surface area contributed by atoms with Gasteiger partial charge in [-0.15, -0.1) is 11.3 Å². The van der Waals surface area contributed by atoms with Crippen LogP contribution in [-0.2, 0) is 4.74 Å². The molecule has 164 valence electrons. The van der Waals surface area contributed by atoms with Crippen LogP contribution in [0.2, 0.25) is 5.28 Å². The highest BCUT2D eigenvalue weighted by atomic mass is 35.5. The van der Waals surface area contributed by atoms with Gasteiger partial charge >= 0.3 is 6.09 Å². The van der Waals surface area contributed by atoms with Crippen LogP contribution in [0.3, 0.4) is 0 Å². The largest absolute Gasteiger partial charge is 0.444 e. The zero-order chi connectivity index (χ0) is 22.3. The number of fused-ring (bicyclic) bond motifs is 1. The van der Waals surface area contributed by atoms with Crippen molar-refractivity contribution in [3.63, 3.8) is 0 Å². The molecular weight excluding hydrogens is 432 g/mol. The fourth-order valence-corrected chi connectivity index (χ4v) is 5.05. The van der Waals surface area contributed by atoms with Crippen LogP contribution in [0.5, 0.6) is 0 Å². The average molecular weight is 459 g/mol. The third kappa shape index (κ3) is 4.62. The van der Waals surface area contributed by atoms with Crippen LogP contribution >= 0.6 is 22.9 Å². The maximum absolute atomic E-state index is 12.4. The number of aryl methyl sites for hydroxylation is 2. The Morgan fingerprint density at radius 1 is 1.06 bits per heavy atom. The van der Waals surface area contributed by atoms with E-state index in [0.717, 1.165) is 27.2 Å². The summed E-state index contributed by atoms with van der Waals surface area (Å²) >= 11 is 7.93. The Balaban J connectivity index is 1.67. The molecule has 6 nitrogen and oxygen atoms in total. The first-order chi connectivity index (χ1) is 14.6. The summed E-state index contributed by atoms with van der Waals surface area (Å²) in [6.45, 7) is 12.3. The highest BCUT2D eigenvalue weighted by Gasteiger charge is 2.28. The van der Waals surface area contributed by atoms with E-state index in [1.807, 2.05) is 20.8 Å². The van der Waals surface area contributed by atoms with E-state index in [1.165, 1.54) is 10.4 Å². The molecule has 3 aromatic rings. The van der Waals surface area contributed by atoms with Gasteiger partial charge in [0.15, 0.2) is 0 Å². The number of aromatic nitrogens is 2. The third-order valence-electron chi connectivity index (χ3n) is 5.25. The van der Waals surface area contributed by atoms with Gasteiger partial charge in [0.2, 0.25) is 5.28 Å². The topological polar surface area (TPSA) is 58.6 Å². The summed E-state index contributed by atoms with van der Waals surface area (Å²) in [5, 5.41) is 1.27. The molecule has 0 radical (unpaired) electrons. The molecule has 4 rings (SSSR count). The Bertz CT molecular complexity index is 1110. The second-order valence-electron chi connectivity index (χ2n) is 8.85. The van der Waals surface area contributed by atoms with Gasteiger partial charge in [0.1, 0.15) is 16.2 Å². The predicted molar refractivity (Wildman–Crippen MR) is 127 cm³/mol. The van der Waals surface area contributed by atoms with Crippen molar-refractivity contribution in [1.82, 2.24) is 14.9 Å². The molecule has 0 saturated carbocycles. The van der Waals surface area contributed by atoms with Crippen molar-refractivity contribution in [3.8, 4) is 11.1 Å². The summed E-state index contributed by atoms with van der Waals surface area (Å²) < 4.78 is 5.52. The van der Waals surface area contributed by atoms with E-state index in [4.69, 9.17) is 16.3 Å². The van der Waals surface area contributed by atoms with Gasteiger partial charge in [0, 0.05) is 36.6 Å². The smallest absolute Gasteiger partial charge is 0.410 e. The first-order valence-corrected chi connectivity index (χ1v) is 11.6. The van der Waals surface area contributed by atoms with Gasteiger partial charge in [-0.25, -0.2) is 9.78 Å². The molecule has 1 aliphatic rings. The molecule has 0 unspecified atom stereocenters. The molecule has 31 heavy (non-hydrogen) atoms. The number of ether oxygens (including phenoxy) is 1. The van der Waals surface area contributed by atoms with E-state index in [-0.39, 0.29) is 11.4 Å². The van der Waals surface area contributed by atoms with Crippen molar-refractivity contribution < 1.29 is 9.53 Å². The fourth-order valence-electron chi connectivity index (χ4n) is 3.79. The summed E-state index contributed by atoms with van der Waals surface area (Å²) in [5.74, 6) is 0.832. The van der Waals surface area contributed by atoms with Crippen molar-refractivity contribution in [3.05, 3.63) is 40.0 Å². The molecule has 1 saturated heterocycles. The number of rotatable bonds is 2. The van der Waals surface area contributed by atoms with E-state index in [2.05, 4.69) is 53.0 Å². The first kappa shape index (κ1) is 21.8. The van der Waals surface area contributed by atoms with E-state index >= 15 is 0 Å². The Kier molecular flexibility index (Phi) is 5.83. The molecule has 3 heterocycles. The number of thiophene rings is 1. The second-order valence-corrected chi connectivity index (χ2v) is 10.4. The average Bonchev–Trinajstić information content (AvgIpc) is 3.02. The Labute approximate surface area is 191 Å². The molecule has 0 aliphatic carbocycles. The number of piperazine rings is 1. The molecule has 8 heteroatoms. The van der Waals surface area contributed by atoms with Gasteiger partial charge in [0.25, 0.3) is 0 Å². The lowest BCUT2D eigenvalue weighted by Crippen LogP contribution is -2.50. The molecule has 1 amide bonds. The number of carbonyl (C=O) groups excluding carboxylic acids is 1. The van der Waals surface area contributed by atoms with Crippen LogP contribution in [0, 0.1) is 13.8 Å². The molecule has 1 aromatic carbocycles. The number of halogens is 1. The Morgan fingerprint density at radius 2 is 1.71 bits per heavy atom. The van der Waals surface area contributed by atoms with Gasteiger partial charge < -0.3 is 14.5 Å². The van der Waals surface area contributed by atoms with Crippen LogP contribution in [0.25, 0.3) is 21.3 Å². The number of hydrogen-bond acceptors (Lipinski definition) is 6. The van der Waals surface area contributed by atoms with Crippen LogP contribution < -0.4 is 4.90 Å². The van der Waals surface area contributed by atoms with E-state index in [1.54, 1.807) is 16.2 Å². The summed E-state index contributed by atoms with van der Waals surface area (Å²) in [5.41, 5.74) is 3.02. The highest BCUT2D eigenvalue weighted by molar-refractivity contribution is 7.19. The maximum atomic E-state index is 12.4. The van der Waals surface area contributed by atoms with Crippen molar-refractivity contribution in [2.75, 3.05) is 31.1 Å². The summed E-state index contributed by atoms with van der Waals surface area (Å²) in [4.78, 5) is 27.6. The number of benzene rings is 1. The van der Waals surface area contributed by atoms with Crippen LogP contribution in [0.15, 0.2) is 24.3 Å². The van der Waals surface area contributed by atoms with Gasteiger partial charge in [-0.2, -0.15) is 4.98 Å². The maximum Gasteiger partial charge on any atom is 0.410 e. The molecule has 1 aliphatic heterocycles. The number of carbonyl (C=O) groups is 1. The molecule has 0 N–H and O–H groups in total. The van der Waals surface area contributed by atoms with Crippen LogP contribution in [-0.4, -0.2) is 52.7 Å². The summed E-state index contributed by atoms with van der Waals surface area (Å²) in [6.07, 6.45) is -0.273. The SMILES string of the molecule is Cc1ccc(-c2c(C)sc3nc(Cl)nc(N4CCN(C(=O)OC(C)(C)C)CC4)c23)cc1. The standard InChI is InChI=1S/C23H27ClN4O2S/c1-14-6-8-16(9-7-14)17-15(2)31-20-18(17)19(25-21(24)26-20)27-10-12-28(13-11-27)22(29)30-23(3,4)5/h6-9H,10-13H2,1-5H3. The molecule has 0 bridgehead atoms. The lowest BCUT2D eigenvalue weighted by Gasteiger charge is -2.36. The minimum Gasteiger partial charge on any atom is -0.444 e. The second kappa shape index (κ2) is 8.28. The molecule has 0 atom stereocenters. The van der Waals surface area contributed by atoms with E-state index < -0.39 is 5.60 Å². The number of anilines is 1. The molecule has 1 fully saturated rings. The lowest BCUT2D eigenvalue weighted by molar-refractivity contribution is 0.0240. The van der Waals surface area contributed by atoms with Crippen molar-refractivity contribution >= 4 is 45.1 Å². The number of amides is 1. The Hall–Kier alpha value is -2.38. The van der Waals surface area contributed by atoms with Crippen molar-refractivity contribution in [2.45, 2.75) is 40.2 Å². The quantitative estimate of drug-likeness (QED) is 0.462. The summed E-state index contributed by atoms with van der Waals surface area (Å²) in [6, 6.07) is 8.52. The molecule has 0 spiro atoms. The summed E-state index contributed by atoms with van der Waals surface area (Å²) in [7, 11) is 0. The third-order valence-corrected chi connectivity index (χ3v) is 6.42. The van der Waals surface area contributed by atoms with Crippen molar-refractivity contribution in [2.24, 2.45) is 0 Å². The van der Waals surface area contributed by atoms with Gasteiger partial charge in [-0.1, -0.05) is 29.8 Å². The fraction of sp³-hybridized carbons (Fsp3) is 0.435. The first-order valence-electron chi connectivity index (χ1n) is 10.4. The monoisotopic (exact) mass is 458 g/mol. The van der Waals surface area contributed by atoms with Gasteiger partial charge in [-0.05, 0) is 51.8 Å². The predicted octanol–water partition coefficient (Wildman–Crippen LogP) is 5.69. The molecular formula is C23H27ClN4O2S. The van der Waals surface area contributed by atoms with Crippen molar-refractivity contribution in [1.29, 1.82) is 0 Å². The normalized spacial score (nSPS) is 14.9.